The number of likely N-dealkylation sites (N-methyl/N-ethyl adjacent to an activating group) is 1. The van der Waals surface area contributed by atoms with Gasteiger partial charge in [0.1, 0.15) is 0 Å². The molecular formula is C15H24N4O. The summed E-state index contributed by atoms with van der Waals surface area (Å²) in [6.07, 6.45) is 3.85. The molecule has 1 aromatic rings. The molecule has 1 N–H and O–H groups in total. The number of rotatable bonds is 4. The number of pyridine rings is 1. The first-order valence-electron chi connectivity index (χ1n) is 7.13. The second-order valence-electron chi connectivity index (χ2n) is 5.68. The number of nitrogens with one attached hydrogen (secondary N) is 1. The number of amides is 1. The third-order valence-corrected chi connectivity index (χ3v) is 3.75. The van der Waals surface area contributed by atoms with Crippen LogP contribution in [-0.4, -0.2) is 61.0 Å². The first-order chi connectivity index (χ1) is 9.52. The molecule has 1 amide bonds. The summed E-state index contributed by atoms with van der Waals surface area (Å²) in [5.41, 5.74) is 2.44. The van der Waals surface area contributed by atoms with E-state index in [-0.39, 0.29) is 5.91 Å². The molecule has 1 aliphatic rings. The maximum atomic E-state index is 12.8. The number of likely N-dealkylation sites (tertiary alicyclic amines) is 1. The maximum absolute atomic E-state index is 12.8. The summed E-state index contributed by atoms with van der Waals surface area (Å²) in [7, 11) is 5.94. The summed E-state index contributed by atoms with van der Waals surface area (Å²) < 4.78 is 0. The van der Waals surface area contributed by atoms with Crippen LogP contribution in [0.2, 0.25) is 0 Å². The Kier molecular flexibility index (Phi) is 4.60. The van der Waals surface area contributed by atoms with Crippen LogP contribution in [0.5, 0.6) is 0 Å². The number of aryl methyl sites for hydroxylation is 1. The molecule has 0 saturated carbocycles. The summed E-state index contributed by atoms with van der Waals surface area (Å²) >= 11 is 0. The Labute approximate surface area is 121 Å². The smallest absolute Gasteiger partial charge is 0.257 e. The van der Waals surface area contributed by atoms with Crippen LogP contribution in [-0.2, 0) is 0 Å². The fourth-order valence-corrected chi connectivity index (χ4v) is 2.81. The lowest BCUT2D eigenvalue weighted by Gasteiger charge is -2.27. The summed E-state index contributed by atoms with van der Waals surface area (Å²) in [5, 5.41) is 3.10. The Morgan fingerprint density at radius 3 is 2.95 bits per heavy atom. The van der Waals surface area contributed by atoms with Crippen molar-refractivity contribution in [1.29, 1.82) is 0 Å². The van der Waals surface area contributed by atoms with Gasteiger partial charge in [-0.3, -0.25) is 9.78 Å². The lowest BCUT2D eigenvalue weighted by molar-refractivity contribution is 0.0717. The van der Waals surface area contributed by atoms with E-state index >= 15 is 0 Å². The highest BCUT2D eigenvalue weighted by molar-refractivity contribution is 5.99. The molecule has 5 nitrogen and oxygen atoms in total. The van der Waals surface area contributed by atoms with Crippen molar-refractivity contribution in [3.8, 4) is 0 Å². The molecule has 0 spiro atoms. The van der Waals surface area contributed by atoms with Gasteiger partial charge in [-0.05, 0) is 39.9 Å². The van der Waals surface area contributed by atoms with Crippen LogP contribution >= 0.6 is 0 Å². The molecule has 110 valence electrons. The number of carbonyl (C=O) groups excluding carboxylic acids is 1. The van der Waals surface area contributed by atoms with Crippen molar-refractivity contribution in [3.05, 3.63) is 23.5 Å². The number of nitrogens with zero attached hydrogens (tertiary/aromatic N) is 3. The molecule has 0 radical (unpaired) electrons. The van der Waals surface area contributed by atoms with Crippen molar-refractivity contribution >= 4 is 11.6 Å². The first kappa shape index (κ1) is 14.8. The molecule has 0 bridgehead atoms. The standard InChI is InChI=1S/C15H24N4O/c1-11-8-14(16-2)13(9-17-11)15(20)19-7-5-6-12(19)10-18(3)4/h8-9,12H,5-7,10H2,1-4H3,(H,16,17). The number of aromatic nitrogens is 1. The predicted octanol–water partition coefficient (Wildman–Crippen LogP) is 1.60. The molecule has 2 heterocycles. The molecule has 1 atom stereocenters. The van der Waals surface area contributed by atoms with Crippen LogP contribution in [0.3, 0.4) is 0 Å². The molecule has 1 fully saturated rings. The molecule has 1 saturated heterocycles. The van der Waals surface area contributed by atoms with Gasteiger partial charge in [0.25, 0.3) is 5.91 Å². The van der Waals surface area contributed by atoms with Gasteiger partial charge in [0.05, 0.1) is 11.3 Å². The summed E-state index contributed by atoms with van der Waals surface area (Å²) in [6, 6.07) is 2.23. The van der Waals surface area contributed by atoms with Crippen LogP contribution < -0.4 is 5.32 Å². The normalized spacial score (nSPS) is 18.6. The zero-order valence-electron chi connectivity index (χ0n) is 12.8. The molecule has 0 aromatic carbocycles. The van der Waals surface area contributed by atoms with Crippen LogP contribution in [0, 0.1) is 6.92 Å². The molecule has 20 heavy (non-hydrogen) atoms. The lowest BCUT2D eigenvalue weighted by atomic mass is 10.1. The first-order valence-corrected chi connectivity index (χ1v) is 7.13. The minimum atomic E-state index is 0.0891. The van der Waals surface area contributed by atoms with Crippen LogP contribution in [0.4, 0.5) is 5.69 Å². The van der Waals surface area contributed by atoms with Crippen LogP contribution in [0.1, 0.15) is 28.9 Å². The second-order valence-corrected chi connectivity index (χ2v) is 5.68. The summed E-state index contributed by atoms with van der Waals surface area (Å²) in [5.74, 6) is 0.0891. The fourth-order valence-electron chi connectivity index (χ4n) is 2.81. The van der Waals surface area contributed by atoms with Crippen LogP contribution in [0.15, 0.2) is 12.3 Å². The zero-order chi connectivity index (χ0) is 14.7. The van der Waals surface area contributed by atoms with Gasteiger partial charge in [0.2, 0.25) is 0 Å². The Morgan fingerprint density at radius 1 is 1.55 bits per heavy atom. The average Bonchev–Trinajstić information content (AvgIpc) is 2.85. The Hall–Kier alpha value is -1.62. The molecule has 1 aliphatic heterocycles. The minimum Gasteiger partial charge on any atom is -0.387 e. The quantitative estimate of drug-likeness (QED) is 0.907. The van der Waals surface area contributed by atoms with Gasteiger partial charge in [-0.15, -0.1) is 0 Å². The molecular weight excluding hydrogens is 252 g/mol. The molecule has 2 rings (SSSR count). The van der Waals surface area contributed by atoms with Crippen molar-refractivity contribution in [1.82, 2.24) is 14.8 Å². The number of anilines is 1. The second kappa shape index (κ2) is 6.22. The fraction of sp³-hybridized carbons (Fsp3) is 0.600. The van der Waals surface area contributed by atoms with E-state index in [2.05, 4.69) is 15.2 Å². The van der Waals surface area contributed by atoms with Gasteiger partial charge in [0, 0.05) is 38.1 Å². The summed E-state index contributed by atoms with van der Waals surface area (Å²) in [4.78, 5) is 21.2. The minimum absolute atomic E-state index is 0.0891. The van der Waals surface area contributed by atoms with E-state index in [9.17, 15) is 4.79 Å². The van der Waals surface area contributed by atoms with Crippen molar-refractivity contribution in [3.63, 3.8) is 0 Å². The van der Waals surface area contributed by atoms with Gasteiger partial charge in [-0.2, -0.15) is 0 Å². The van der Waals surface area contributed by atoms with E-state index < -0.39 is 0 Å². The van der Waals surface area contributed by atoms with Crippen molar-refractivity contribution in [2.24, 2.45) is 0 Å². The maximum Gasteiger partial charge on any atom is 0.257 e. The number of carbonyl (C=O) groups is 1. The van der Waals surface area contributed by atoms with Crippen molar-refractivity contribution < 1.29 is 4.79 Å². The van der Waals surface area contributed by atoms with Gasteiger partial charge in [-0.25, -0.2) is 0 Å². The lowest BCUT2D eigenvalue weighted by Crippen LogP contribution is -2.41. The highest BCUT2D eigenvalue weighted by Gasteiger charge is 2.30. The largest absolute Gasteiger partial charge is 0.387 e. The monoisotopic (exact) mass is 276 g/mol. The number of hydrogen-bond acceptors (Lipinski definition) is 4. The molecule has 1 unspecified atom stereocenters. The van der Waals surface area contributed by atoms with Gasteiger partial charge >= 0.3 is 0 Å². The van der Waals surface area contributed by atoms with E-state index in [1.807, 2.05) is 39.0 Å². The van der Waals surface area contributed by atoms with Crippen molar-refractivity contribution in [2.45, 2.75) is 25.8 Å². The van der Waals surface area contributed by atoms with E-state index in [1.54, 1.807) is 6.20 Å². The van der Waals surface area contributed by atoms with E-state index in [4.69, 9.17) is 0 Å². The van der Waals surface area contributed by atoms with Crippen molar-refractivity contribution in [2.75, 3.05) is 39.5 Å². The number of hydrogen-bond donors (Lipinski definition) is 1. The van der Waals surface area contributed by atoms with Gasteiger partial charge in [0.15, 0.2) is 0 Å². The van der Waals surface area contributed by atoms with E-state index in [0.29, 0.717) is 11.6 Å². The highest BCUT2D eigenvalue weighted by atomic mass is 16.2. The SMILES string of the molecule is CNc1cc(C)ncc1C(=O)N1CCCC1CN(C)C. The molecule has 0 aliphatic carbocycles. The zero-order valence-corrected chi connectivity index (χ0v) is 12.8. The van der Waals surface area contributed by atoms with E-state index in [1.165, 1.54) is 0 Å². The third kappa shape index (κ3) is 3.10. The van der Waals surface area contributed by atoms with Gasteiger partial charge < -0.3 is 15.1 Å². The Balaban J connectivity index is 2.22. The summed E-state index contributed by atoms with van der Waals surface area (Å²) in [6.45, 7) is 3.69. The Morgan fingerprint density at radius 2 is 2.30 bits per heavy atom. The predicted molar refractivity (Wildman–Crippen MR) is 81.1 cm³/mol. The highest BCUT2D eigenvalue weighted by Crippen LogP contribution is 2.24. The van der Waals surface area contributed by atoms with E-state index in [0.717, 1.165) is 37.3 Å². The topological polar surface area (TPSA) is 48.5 Å². The Bertz CT molecular complexity index is 487. The van der Waals surface area contributed by atoms with Gasteiger partial charge in [-0.1, -0.05) is 0 Å². The third-order valence-electron chi connectivity index (χ3n) is 3.75. The van der Waals surface area contributed by atoms with Crippen LogP contribution in [0.25, 0.3) is 0 Å². The average molecular weight is 276 g/mol. The molecule has 5 heteroatoms. The molecule has 1 aromatic heterocycles.